The molecular weight excluding hydrogens is 410 g/mol. The fourth-order valence-electron chi connectivity index (χ4n) is 3.61. The molecule has 1 N–H and O–H groups in total. The minimum absolute atomic E-state index is 0.389. The van der Waals surface area contributed by atoms with E-state index in [1.165, 1.54) is 41.9 Å². The average Bonchev–Trinajstić information content (AvgIpc) is 3.06. The third kappa shape index (κ3) is 5.21. The molecule has 1 aliphatic rings. The van der Waals surface area contributed by atoms with Crippen LogP contribution in [0.2, 0.25) is 0 Å². The van der Waals surface area contributed by atoms with Gasteiger partial charge >= 0.3 is 0 Å². The van der Waals surface area contributed by atoms with Gasteiger partial charge in [0.25, 0.3) is 0 Å². The van der Waals surface area contributed by atoms with E-state index in [0.717, 1.165) is 40.0 Å². The van der Waals surface area contributed by atoms with Crippen LogP contribution in [0, 0.1) is 20.8 Å². The third-order valence-electron chi connectivity index (χ3n) is 5.52. The summed E-state index contributed by atoms with van der Waals surface area (Å²) in [5.41, 5.74) is 1.01. The van der Waals surface area contributed by atoms with Gasteiger partial charge in [0.05, 0.1) is 15.5 Å². The number of sulfonamides is 1. The van der Waals surface area contributed by atoms with Crippen LogP contribution in [0.3, 0.4) is 0 Å². The first-order valence-electron chi connectivity index (χ1n) is 10.1. The Kier molecular flexibility index (Phi) is 7.31. The molecule has 156 valence electrons. The van der Waals surface area contributed by atoms with Crippen LogP contribution < -0.4 is 4.72 Å². The smallest absolute Gasteiger partial charge is 0.241 e. The van der Waals surface area contributed by atoms with Crippen molar-refractivity contribution in [3.63, 3.8) is 0 Å². The topological polar surface area (TPSA) is 62.3 Å². The number of thiazole rings is 1. The molecule has 0 amide bonds. The highest BCUT2D eigenvalue weighted by atomic mass is 32.2. The van der Waals surface area contributed by atoms with E-state index in [2.05, 4.69) is 21.5 Å². The standard InChI is InChI=1S/C20H31N3O2S3/c1-14(23-11-7-5-6-8-12-23)9-10-21-28(24,25)19-13-18(26-17(19)4)20-22-15(2)16(3)27-20/h13-14,21H,5-12H2,1-4H3/t14-/m0/s1. The van der Waals surface area contributed by atoms with Gasteiger partial charge in [-0.3, -0.25) is 0 Å². The molecule has 3 rings (SSSR count). The normalized spacial score (nSPS) is 17.6. The van der Waals surface area contributed by atoms with Gasteiger partial charge < -0.3 is 4.90 Å². The SMILES string of the molecule is Cc1nc(-c2cc(S(=O)(=O)NCC[C@H](C)N3CCCCCC3)c(C)s2)sc1C. The summed E-state index contributed by atoms with van der Waals surface area (Å²) in [5, 5.41) is 0.902. The Hall–Kier alpha value is -0.800. The Labute approximate surface area is 177 Å². The van der Waals surface area contributed by atoms with Gasteiger partial charge in [-0.2, -0.15) is 0 Å². The minimum Gasteiger partial charge on any atom is -0.301 e. The number of aromatic nitrogens is 1. The van der Waals surface area contributed by atoms with Crippen molar-refractivity contribution in [1.29, 1.82) is 0 Å². The number of thiophene rings is 1. The van der Waals surface area contributed by atoms with Crippen LogP contribution in [0.4, 0.5) is 0 Å². The number of likely N-dealkylation sites (tertiary alicyclic amines) is 1. The van der Waals surface area contributed by atoms with Crippen molar-refractivity contribution >= 4 is 32.7 Å². The lowest BCUT2D eigenvalue weighted by atomic mass is 10.2. The molecule has 28 heavy (non-hydrogen) atoms. The highest BCUT2D eigenvalue weighted by molar-refractivity contribution is 7.89. The molecule has 0 saturated carbocycles. The maximum Gasteiger partial charge on any atom is 0.241 e. The van der Waals surface area contributed by atoms with E-state index in [9.17, 15) is 8.42 Å². The highest BCUT2D eigenvalue weighted by Gasteiger charge is 2.22. The summed E-state index contributed by atoms with van der Waals surface area (Å²) in [6.45, 7) is 10.8. The molecule has 0 bridgehead atoms. The van der Waals surface area contributed by atoms with E-state index in [0.29, 0.717) is 17.5 Å². The van der Waals surface area contributed by atoms with Crippen LogP contribution in [0.25, 0.3) is 9.88 Å². The van der Waals surface area contributed by atoms with Gasteiger partial charge in [0.15, 0.2) is 0 Å². The molecule has 1 fully saturated rings. The Morgan fingerprint density at radius 2 is 1.79 bits per heavy atom. The van der Waals surface area contributed by atoms with E-state index in [1.807, 2.05) is 20.8 Å². The second-order valence-electron chi connectivity index (χ2n) is 7.68. The summed E-state index contributed by atoms with van der Waals surface area (Å²) in [4.78, 5) is 10.4. The van der Waals surface area contributed by atoms with Crippen molar-refractivity contribution in [2.45, 2.75) is 70.7 Å². The summed E-state index contributed by atoms with van der Waals surface area (Å²) in [6.07, 6.45) is 5.97. The Morgan fingerprint density at radius 3 is 2.39 bits per heavy atom. The molecular formula is C20H31N3O2S3. The summed E-state index contributed by atoms with van der Waals surface area (Å²) in [6, 6.07) is 2.18. The molecule has 1 saturated heterocycles. The van der Waals surface area contributed by atoms with Crippen molar-refractivity contribution in [1.82, 2.24) is 14.6 Å². The van der Waals surface area contributed by atoms with E-state index in [1.54, 1.807) is 17.4 Å². The molecule has 1 atom stereocenters. The highest BCUT2D eigenvalue weighted by Crippen LogP contribution is 2.36. The largest absolute Gasteiger partial charge is 0.301 e. The number of nitrogens with zero attached hydrogens (tertiary/aromatic N) is 2. The van der Waals surface area contributed by atoms with Gasteiger partial charge in [-0.15, -0.1) is 22.7 Å². The zero-order valence-corrected chi connectivity index (χ0v) is 19.7. The maximum absolute atomic E-state index is 12.8. The first kappa shape index (κ1) is 21.9. The van der Waals surface area contributed by atoms with Crippen LogP contribution in [0.15, 0.2) is 11.0 Å². The predicted octanol–water partition coefficient (Wildman–Crippen LogP) is 4.73. The van der Waals surface area contributed by atoms with Gasteiger partial charge in [-0.1, -0.05) is 12.8 Å². The molecule has 8 heteroatoms. The summed E-state index contributed by atoms with van der Waals surface area (Å²) in [5.74, 6) is 0. The predicted molar refractivity (Wildman–Crippen MR) is 119 cm³/mol. The number of rotatable bonds is 7. The molecule has 0 radical (unpaired) electrons. The molecule has 0 aliphatic carbocycles. The van der Waals surface area contributed by atoms with Crippen LogP contribution in [-0.4, -0.2) is 44.0 Å². The van der Waals surface area contributed by atoms with Gasteiger partial charge in [0.1, 0.15) is 5.01 Å². The number of nitrogens with one attached hydrogen (secondary N) is 1. The summed E-state index contributed by atoms with van der Waals surface area (Å²) < 4.78 is 28.5. The summed E-state index contributed by atoms with van der Waals surface area (Å²) >= 11 is 3.12. The van der Waals surface area contributed by atoms with Crippen LogP contribution in [0.5, 0.6) is 0 Å². The van der Waals surface area contributed by atoms with Crippen molar-refractivity contribution in [3.05, 3.63) is 21.5 Å². The first-order valence-corrected chi connectivity index (χ1v) is 13.2. The van der Waals surface area contributed by atoms with Crippen molar-refractivity contribution in [3.8, 4) is 9.88 Å². The Morgan fingerprint density at radius 1 is 1.11 bits per heavy atom. The van der Waals surface area contributed by atoms with Crippen LogP contribution in [-0.2, 0) is 10.0 Å². The monoisotopic (exact) mass is 441 g/mol. The molecule has 5 nitrogen and oxygen atoms in total. The van der Waals surface area contributed by atoms with Gasteiger partial charge in [0, 0.05) is 22.3 Å². The van der Waals surface area contributed by atoms with Crippen LogP contribution in [0.1, 0.15) is 54.5 Å². The minimum atomic E-state index is -3.50. The van der Waals surface area contributed by atoms with Crippen molar-refractivity contribution in [2.24, 2.45) is 0 Å². The van der Waals surface area contributed by atoms with Gasteiger partial charge in [-0.25, -0.2) is 18.1 Å². The molecule has 1 aliphatic heterocycles. The molecule has 0 spiro atoms. The third-order valence-corrected chi connectivity index (χ3v) is 9.53. The summed E-state index contributed by atoms with van der Waals surface area (Å²) in [7, 11) is -3.50. The van der Waals surface area contributed by atoms with E-state index >= 15 is 0 Å². The quantitative estimate of drug-likeness (QED) is 0.675. The Bertz CT molecular complexity index is 874. The van der Waals surface area contributed by atoms with E-state index < -0.39 is 10.0 Å². The number of hydrogen-bond acceptors (Lipinski definition) is 6. The average molecular weight is 442 g/mol. The van der Waals surface area contributed by atoms with E-state index in [4.69, 9.17) is 0 Å². The van der Waals surface area contributed by atoms with Gasteiger partial charge in [0.2, 0.25) is 10.0 Å². The molecule has 2 aromatic heterocycles. The number of aryl methyl sites for hydroxylation is 3. The fourth-order valence-corrected chi connectivity index (χ4v) is 7.21. The Balaban J connectivity index is 1.63. The fraction of sp³-hybridized carbons (Fsp3) is 0.650. The zero-order valence-electron chi connectivity index (χ0n) is 17.2. The van der Waals surface area contributed by atoms with Gasteiger partial charge in [-0.05, 0) is 66.1 Å². The van der Waals surface area contributed by atoms with E-state index in [-0.39, 0.29) is 0 Å². The lowest BCUT2D eigenvalue weighted by Crippen LogP contribution is -2.37. The molecule has 2 aromatic rings. The van der Waals surface area contributed by atoms with Crippen LogP contribution >= 0.6 is 22.7 Å². The lowest BCUT2D eigenvalue weighted by Gasteiger charge is -2.27. The lowest BCUT2D eigenvalue weighted by molar-refractivity contribution is 0.208. The second kappa shape index (κ2) is 9.34. The molecule has 0 aromatic carbocycles. The second-order valence-corrected chi connectivity index (χ2v) is 11.9. The first-order chi connectivity index (χ1) is 13.3. The molecule has 3 heterocycles. The van der Waals surface area contributed by atoms with Crippen molar-refractivity contribution < 1.29 is 8.42 Å². The maximum atomic E-state index is 12.8. The molecule has 0 unspecified atom stereocenters. The van der Waals surface area contributed by atoms with Crippen molar-refractivity contribution in [2.75, 3.05) is 19.6 Å². The zero-order chi connectivity index (χ0) is 20.3. The number of hydrogen-bond donors (Lipinski definition) is 1.